The van der Waals surface area contributed by atoms with Crippen molar-refractivity contribution in [1.82, 2.24) is 9.97 Å². The number of hydrogen-bond acceptors (Lipinski definition) is 4. The Hall–Kier alpha value is -2.15. The Morgan fingerprint density at radius 2 is 2.00 bits per heavy atom. The molecule has 0 aliphatic heterocycles. The molecule has 0 aliphatic carbocycles. The van der Waals surface area contributed by atoms with Gasteiger partial charge in [0, 0.05) is 5.69 Å². The van der Waals surface area contributed by atoms with Crippen molar-refractivity contribution < 1.29 is 18.3 Å². The van der Waals surface area contributed by atoms with Crippen LogP contribution >= 0.6 is 12.2 Å². The number of ether oxygens (including phenoxy) is 1. The molecule has 1 N–H and O–H groups in total. The van der Waals surface area contributed by atoms with E-state index < -0.39 is 17.6 Å². The summed E-state index contributed by atoms with van der Waals surface area (Å²) in [7, 11) is 1.21. The second kappa shape index (κ2) is 5.69. The molecule has 1 heterocycles. The number of hydrogen-bond donors (Lipinski definition) is 1. The molecule has 2 aromatic rings. The number of H-pyrrole nitrogens is 1. The molecule has 1 aromatic carbocycles. The van der Waals surface area contributed by atoms with Gasteiger partial charge in [-0.05, 0) is 25.5 Å². The van der Waals surface area contributed by atoms with Crippen molar-refractivity contribution in [3.05, 3.63) is 45.2 Å². The highest BCUT2D eigenvalue weighted by Gasteiger charge is 2.19. The second-order valence-corrected chi connectivity index (χ2v) is 4.82. The smallest absolute Gasteiger partial charge is 0.342 e. The van der Waals surface area contributed by atoms with Gasteiger partial charge in [0.25, 0.3) is 0 Å². The minimum absolute atomic E-state index is 0.0659. The van der Waals surface area contributed by atoms with Gasteiger partial charge in [-0.15, -0.1) is 0 Å². The molecule has 0 fully saturated rings. The van der Waals surface area contributed by atoms with Crippen molar-refractivity contribution in [2.24, 2.45) is 0 Å². The molecule has 0 unspecified atom stereocenters. The number of carbonyl (C=O) groups is 1. The van der Waals surface area contributed by atoms with Gasteiger partial charge in [-0.3, -0.25) is 0 Å². The zero-order chi connectivity index (χ0) is 15.7. The number of benzene rings is 1. The molecule has 2 rings (SSSR count). The number of aryl methyl sites for hydroxylation is 2. The van der Waals surface area contributed by atoms with Gasteiger partial charge in [-0.2, -0.15) is 0 Å². The first kappa shape index (κ1) is 15.2. The monoisotopic (exact) mass is 310 g/mol. The van der Waals surface area contributed by atoms with Crippen LogP contribution in [0.5, 0.6) is 0 Å². The predicted octanol–water partition coefficient (Wildman–Crippen LogP) is 3.49. The van der Waals surface area contributed by atoms with E-state index in [1.54, 1.807) is 6.92 Å². The molecule has 7 heteroatoms. The first-order valence-electron chi connectivity index (χ1n) is 6.01. The van der Waals surface area contributed by atoms with E-state index in [9.17, 15) is 13.6 Å². The van der Waals surface area contributed by atoms with Crippen molar-refractivity contribution in [3.8, 4) is 11.4 Å². The van der Waals surface area contributed by atoms with E-state index in [4.69, 9.17) is 12.2 Å². The van der Waals surface area contributed by atoms with Crippen LogP contribution in [-0.2, 0) is 4.74 Å². The van der Waals surface area contributed by atoms with E-state index in [0.29, 0.717) is 5.69 Å². The third-order valence-corrected chi connectivity index (χ3v) is 3.31. The van der Waals surface area contributed by atoms with E-state index in [1.165, 1.54) is 20.1 Å². The van der Waals surface area contributed by atoms with Gasteiger partial charge in [0.1, 0.15) is 27.7 Å². The first-order chi connectivity index (χ1) is 9.86. The lowest BCUT2D eigenvalue weighted by atomic mass is 10.1. The van der Waals surface area contributed by atoms with Gasteiger partial charge in [0.05, 0.1) is 12.7 Å². The number of aromatic amines is 1. The Kier molecular flexibility index (Phi) is 4.13. The molecule has 1 aromatic heterocycles. The molecule has 0 saturated carbocycles. The topological polar surface area (TPSA) is 55.0 Å². The van der Waals surface area contributed by atoms with Crippen LogP contribution in [0.25, 0.3) is 11.4 Å². The number of esters is 1. The van der Waals surface area contributed by atoms with Crippen molar-refractivity contribution in [1.29, 1.82) is 0 Å². The third-order valence-electron chi connectivity index (χ3n) is 3.02. The van der Waals surface area contributed by atoms with E-state index in [2.05, 4.69) is 14.7 Å². The van der Waals surface area contributed by atoms with Gasteiger partial charge >= 0.3 is 5.97 Å². The average molecular weight is 310 g/mol. The van der Waals surface area contributed by atoms with Crippen LogP contribution in [0.4, 0.5) is 8.78 Å². The highest BCUT2D eigenvalue weighted by molar-refractivity contribution is 7.71. The molecular formula is C14H12F2N2O2S. The van der Waals surface area contributed by atoms with Crippen LogP contribution in [0, 0.1) is 30.1 Å². The lowest BCUT2D eigenvalue weighted by Gasteiger charge is -2.10. The number of halogens is 2. The fraction of sp³-hybridized carbons (Fsp3) is 0.214. The zero-order valence-electron chi connectivity index (χ0n) is 11.6. The van der Waals surface area contributed by atoms with Crippen LogP contribution in [0.15, 0.2) is 12.1 Å². The van der Waals surface area contributed by atoms with Crippen molar-refractivity contribution in [2.45, 2.75) is 13.8 Å². The molecule has 0 amide bonds. The summed E-state index contributed by atoms with van der Waals surface area (Å²) in [6.07, 6.45) is 0. The van der Waals surface area contributed by atoms with Gasteiger partial charge < -0.3 is 9.72 Å². The van der Waals surface area contributed by atoms with Gasteiger partial charge in [-0.1, -0.05) is 18.3 Å². The molecule has 0 bridgehead atoms. The minimum Gasteiger partial charge on any atom is -0.465 e. The molecule has 110 valence electrons. The first-order valence-corrected chi connectivity index (χ1v) is 6.41. The molecule has 0 atom stereocenters. The number of carbonyl (C=O) groups excluding carboxylic acids is 1. The summed E-state index contributed by atoms with van der Waals surface area (Å²) in [4.78, 5) is 18.2. The second-order valence-electron chi connectivity index (χ2n) is 4.44. The summed E-state index contributed by atoms with van der Waals surface area (Å²) in [5, 5.41) is 0. The van der Waals surface area contributed by atoms with Crippen LogP contribution in [0.3, 0.4) is 0 Å². The summed E-state index contributed by atoms with van der Waals surface area (Å²) >= 11 is 5.01. The SMILES string of the molecule is COC(=O)c1c(C)[nH]c(-c2c(F)ccc(C)c2F)nc1=S. The summed E-state index contributed by atoms with van der Waals surface area (Å²) in [6, 6.07) is 2.48. The molecule has 0 aliphatic rings. The van der Waals surface area contributed by atoms with Gasteiger partial charge in [-0.25, -0.2) is 18.6 Å². The fourth-order valence-corrected chi connectivity index (χ4v) is 2.25. The summed E-state index contributed by atoms with van der Waals surface area (Å²) in [5.74, 6) is -2.21. The van der Waals surface area contributed by atoms with Gasteiger partial charge in [0.15, 0.2) is 0 Å². The Balaban J connectivity index is 2.72. The standard InChI is InChI=1S/C14H12F2N2O2S/c1-6-4-5-8(15)10(11(6)16)12-17-7(2)9(13(21)18-12)14(19)20-3/h4-5H,1-3H3,(H,17,18,21). The molecule has 0 radical (unpaired) electrons. The van der Waals surface area contributed by atoms with E-state index in [0.717, 1.165) is 6.07 Å². The number of rotatable bonds is 2. The maximum Gasteiger partial charge on any atom is 0.342 e. The normalized spacial score (nSPS) is 10.5. The molecule has 4 nitrogen and oxygen atoms in total. The number of nitrogens with zero attached hydrogens (tertiary/aromatic N) is 1. The average Bonchev–Trinajstić information content (AvgIpc) is 2.42. The number of aromatic nitrogens is 2. The predicted molar refractivity (Wildman–Crippen MR) is 75.6 cm³/mol. The van der Waals surface area contributed by atoms with Crippen molar-refractivity contribution in [2.75, 3.05) is 7.11 Å². The maximum atomic E-state index is 14.1. The fourth-order valence-electron chi connectivity index (χ4n) is 1.92. The lowest BCUT2D eigenvalue weighted by molar-refractivity contribution is 0.0598. The molecule has 0 saturated heterocycles. The molecular weight excluding hydrogens is 298 g/mol. The maximum absolute atomic E-state index is 14.1. The van der Waals surface area contributed by atoms with Crippen LogP contribution in [-0.4, -0.2) is 23.0 Å². The highest BCUT2D eigenvalue weighted by atomic mass is 32.1. The Bertz CT molecular complexity index is 787. The number of nitrogens with one attached hydrogen (secondary N) is 1. The summed E-state index contributed by atoms with van der Waals surface area (Å²) in [6.45, 7) is 3.07. The Morgan fingerprint density at radius 3 is 2.57 bits per heavy atom. The van der Waals surface area contributed by atoms with Crippen LogP contribution in [0.2, 0.25) is 0 Å². The quantitative estimate of drug-likeness (QED) is 0.681. The van der Waals surface area contributed by atoms with Crippen LogP contribution in [0.1, 0.15) is 21.6 Å². The minimum atomic E-state index is -0.763. The zero-order valence-corrected chi connectivity index (χ0v) is 12.4. The molecule has 0 spiro atoms. The number of methoxy groups -OCH3 is 1. The Labute approximate surface area is 124 Å². The van der Waals surface area contributed by atoms with E-state index >= 15 is 0 Å². The summed E-state index contributed by atoms with van der Waals surface area (Å²) in [5.41, 5.74) is 0.379. The largest absolute Gasteiger partial charge is 0.465 e. The third kappa shape index (κ3) is 2.69. The summed E-state index contributed by atoms with van der Waals surface area (Å²) < 4.78 is 32.5. The van der Waals surface area contributed by atoms with E-state index in [-0.39, 0.29) is 27.2 Å². The highest BCUT2D eigenvalue weighted by Crippen LogP contribution is 2.26. The van der Waals surface area contributed by atoms with Crippen molar-refractivity contribution >= 4 is 18.2 Å². The Morgan fingerprint density at radius 1 is 1.33 bits per heavy atom. The molecule has 21 heavy (non-hydrogen) atoms. The van der Waals surface area contributed by atoms with E-state index in [1.807, 2.05) is 0 Å². The van der Waals surface area contributed by atoms with Crippen molar-refractivity contribution in [3.63, 3.8) is 0 Å². The van der Waals surface area contributed by atoms with Crippen LogP contribution < -0.4 is 0 Å². The van der Waals surface area contributed by atoms with Gasteiger partial charge in [0.2, 0.25) is 0 Å². The lowest BCUT2D eigenvalue weighted by Crippen LogP contribution is -2.09.